The highest BCUT2D eigenvalue weighted by atomic mass is 35.5. The van der Waals surface area contributed by atoms with Crippen LogP contribution in [0.25, 0.3) is 11.4 Å². The molecule has 1 aromatic carbocycles. The third-order valence-electron chi connectivity index (χ3n) is 5.25. The van der Waals surface area contributed by atoms with E-state index in [0.29, 0.717) is 28.3 Å². The number of rotatable bonds is 8. The number of nitrogens with zero attached hydrogens (tertiary/aromatic N) is 2. The van der Waals surface area contributed by atoms with Gasteiger partial charge in [-0.3, -0.25) is 0 Å². The molecule has 0 fully saturated rings. The van der Waals surface area contributed by atoms with Gasteiger partial charge in [-0.25, -0.2) is 9.97 Å². The molecule has 0 aliphatic heterocycles. The molecular formula is C21H31Cl2N3O2Si. The first-order valence-corrected chi connectivity index (χ1v) is 13.4. The Kier molecular flexibility index (Phi) is 8.10. The molecule has 1 atom stereocenters. The van der Waals surface area contributed by atoms with Crippen LogP contribution in [0.4, 0.5) is 0 Å². The summed E-state index contributed by atoms with van der Waals surface area (Å²) in [4.78, 5) is 8.66. The Bertz CT molecular complexity index is 818. The molecule has 1 N–H and O–H groups in total. The molecule has 0 bridgehead atoms. The first-order chi connectivity index (χ1) is 13.4. The van der Waals surface area contributed by atoms with Crippen LogP contribution in [0, 0.1) is 6.92 Å². The average molecular weight is 456 g/mol. The van der Waals surface area contributed by atoms with E-state index in [1.807, 2.05) is 31.3 Å². The number of halogens is 2. The van der Waals surface area contributed by atoms with Gasteiger partial charge in [-0.1, -0.05) is 56.1 Å². The Labute approximate surface area is 185 Å². The predicted molar refractivity (Wildman–Crippen MR) is 124 cm³/mol. The van der Waals surface area contributed by atoms with E-state index < -0.39 is 8.32 Å². The fourth-order valence-electron chi connectivity index (χ4n) is 2.46. The fraction of sp³-hybridized carbons (Fsp3) is 0.524. The minimum absolute atomic E-state index is 0.0379. The van der Waals surface area contributed by atoms with Gasteiger partial charge in [0.1, 0.15) is 22.7 Å². The van der Waals surface area contributed by atoms with E-state index in [0.717, 1.165) is 17.9 Å². The van der Waals surface area contributed by atoms with Gasteiger partial charge in [-0.05, 0) is 44.2 Å². The summed E-state index contributed by atoms with van der Waals surface area (Å²) in [5, 5.41) is 4.04. The molecule has 0 aliphatic rings. The minimum atomic E-state index is -1.89. The summed E-state index contributed by atoms with van der Waals surface area (Å²) < 4.78 is 12.6. The number of likely N-dealkylation sites (N-methyl/N-ethyl adjacent to an activating group) is 1. The number of hydrogen-bond donors (Lipinski definition) is 1. The first-order valence-electron chi connectivity index (χ1n) is 9.70. The van der Waals surface area contributed by atoms with Crippen molar-refractivity contribution in [3.8, 4) is 17.1 Å². The lowest BCUT2D eigenvalue weighted by Gasteiger charge is -2.39. The quantitative estimate of drug-likeness (QED) is 0.405. The standard InChI is InChI=1S/C21H31Cl2N3O2Si/c1-14-18(22)25-20(26-19(14)23)15-9-8-10-16(11-15)27-13-17(12-24-5)28-29(6,7)21(2,3)4/h8-11,17,24H,12-13H2,1-7H3/t17-/m1/s1. The van der Waals surface area contributed by atoms with Gasteiger partial charge in [0, 0.05) is 17.7 Å². The zero-order chi connectivity index (χ0) is 21.8. The van der Waals surface area contributed by atoms with E-state index in [9.17, 15) is 0 Å². The number of benzene rings is 1. The molecule has 2 rings (SSSR count). The van der Waals surface area contributed by atoms with E-state index in [1.165, 1.54) is 0 Å². The van der Waals surface area contributed by atoms with Crippen molar-refractivity contribution in [2.24, 2.45) is 0 Å². The van der Waals surface area contributed by atoms with Crippen molar-refractivity contribution >= 4 is 31.5 Å². The molecule has 0 spiro atoms. The second-order valence-electron chi connectivity index (χ2n) is 8.65. The summed E-state index contributed by atoms with van der Waals surface area (Å²) in [6, 6.07) is 7.60. The van der Waals surface area contributed by atoms with Crippen LogP contribution in [-0.2, 0) is 4.43 Å². The van der Waals surface area contributed by atoms with Crippen LogP contribution in [0.2, 0.25) is 28.4 Å². The van der Waals surface area contributed by atoms with Crippen molar-refractivity contribution in [2.75, 3.05) is 20.2 Å². The van der Waals surface area contributed by atoms with Crippen molar-refractivity contribution < 1.29 is 9.16 Å². The average Bonchev–Trinajstić information content (AvgIpc) is 2.63. The van der Waals surface area contributed by atoms with E-state index in [4.69, 9.17) is 32.4 Å². The highest BCUT2D eigenvalue weighted by Gasteiger charge is 2.39. The van der Waals surface area contributed by atoms with Gasteiger partial charge in [0.15, 0.2) is 14.1 Å². The van der Waals surface area contributed by atoms with Gasteiger partial charge >= 0.3 is 0 Å². The molecule has 5 nitrogen and oxygen atoms in total. The lowest BCUT2D eigenvalue weighted by Crippen LogP contribution is -2.47. The van der Waals surface area contributed by atoms with E-state index in [2.05, 4.69) is 49.1 Å². The number of aromatic nitrogens is 2. The summed E-state index contributed by atoms with van der Waals surface area (Å²) in [6.07, 6.45) is -0.0379. The van der Waals surface area contributed by atoms with Gasteiger partial charge in [0.05, 0.1) is 6.10 Å². The Hall–Kier alpha value is -1.18. The predicted octanol–water partition coefficient (Wildman–Crippen LogP) is 5.75. The molecule has 2 aromatic rings. The van der Waals surface area contributed by atoms with Gasteiger partial charge in [0.2, 0.25) is 0 Å². The molecule has 8 heteroatoms. The van der Waals surface area contributed by atoms with Crippen molar-refractivity contribution in [1.82, 2.24) is 15.3 Å². The lowest BCUT2D eigenvalue weighted by atomic mass is 10.2. The smallest absolute Gasteiger partial charge is 0.192 e. The highest BCUT2D eigenvalue weighted by Crippen LogP contribution is 2.37. The second kappa shape index (κ2) is 9.75. The van der Waals surface area contributed by atoms with Crippen LogP contribution >= 0.6 is 23.2 Å². The maximum atomic E-state index is 6.52. The summed E-state index contributed by atoms with van der Waals surface area (Å²) in [7, 11) is 0.0272. The summed E-state index contributed by atoms with van der Waals surface area (Å²) in [6.45, 7) is 14.2. The molecule has 160 valence electrons. The first kappa shape index (κ1) is 24.1. The van der Waals surface area contributed by atoms with Crippen LogP contribution in [-0.4, -0.2) is 44.6 Å². The molecule has 1 heterocycles. The maximum absolute atomic E-state index is 6.52. The largest absolute Gasteiger partial charge is 0.491 e. The normalized spacial score (nSPS) is 13.4. The number of hydrogen-bond acceptors (Lipinski definition) is 5. The zero-order valence-corrected chi connectivity index (χ0v) is 20.8. The van der Waals surface area contributed by atoms with Crippen molar-refractivity contribution in [1.29, 1.82) is 0 Å². The van der Waals surface area contributed by atoms with Crippen LogP contribution < -0.4 is 10.1 Å². The van der Waals surface area contributed by atoms with E-state index >= 15 is 0 Å². The molecular weight excluding hydrogens is 425 g/mol. The molecule has 0 saturated heterocycles. The third kappa shape index (κ3) is 6.40. The number of ether oxygens (including phenoxy) is 1. The summed E-state index contributed by atoms with van der Waals surface area (Å²) >= 11 is 12.3. The van der Waals surface area contributed by atoms with Gasteiger partial charge in [-0.15, -0.1) is 0 Å². The second-order valence-corrected chi connectivity index (χ2v) is 14.1. The molecule has 29 heavy (non-hydrogen) atoms. The summed E-state index contributed by atoms with van der Waals surface area (Å²) in [5.74, 6) is 1.19. The van der Waals surface area contributed by atoms with E-state index in [1.54, 1.807) is 6.92 Å². The molecule has 0 unspecified atom stereocenters. The molecule has 0 radical (unpaired) electrons. The Balaban J connectivity index is 2.14. The summed E-state index contributed by atoms with van der Waals surface area (Å²) in [5.41, 5.74) is 1.46. The molecule has 1 aromatic heterocycles. The van der Waals surface area contributed by atoms with Crippen molar-refractivity contribution in [2.45, 2.75) is 51.9 Å². The number of nitrogens with one attached hydrogen (secondary N) is 1. The monoisotopic (exact) mass is 455 g/mol. The molecule has 0 aliphatic carbocycles. The zero-order valence-electron chi connectivity index (χ0n) is 18.3. The van der Waals surface area contributed by atoms with Gasteiger partial charge < -0.3 is 14.5 Å². The topological polar surface area (TPSA) is 56.3 Å². The van der Waals surface area contributed by atoms with Crippen LogP contribution in [0.5, 0.6) is 5.75 Å². The van der Waals surface area contributed by atoms with E-state index in [-0.39, 0.29) is 11.1 Å². The van der Waals surface area contributed by atoms with Crippen molar-refractivity contribution in [3.05, 3.63) is 40.1 Å². The Morgan fingerprint density at radius 1 is 1.14 bits per heavy atom. The SMILES string of the molecule is CNC[C@H](COc1cccc(-c2nc(Cl)c(C)c(Cl)n2)c1)O[Si](C)(C)C(C)(C)C. The van der Waals surface area contributed by atoms with Gasteiger partial charge in [-0.2, -0.15) is 0 Å². The van der Waals surface area contributed by atoms with Crippen LogP contribution in [0.15, 0.2) is 24.3 Å². The Morgan fingerprint density at radius 3 is 2.31 bits per heavy atom. The fourth-order valence-corrected chi connectivity index (χ4v) is 4.19. The molecule has 0 saturated carbocycles. The highest BCUT2D eigenvalue weighted by molar-refractivity contribution is 6.74. The maximum Gasteiger partial charge on any atom is 0.192 e. The lowest BCUT2D eigenvalue weighted by molar-refractivity contribution is 0.115. The van der Waals surface area contributed by atoms with Crippen LogP contribution in [0.3, 0.4) is 0 Å². The van der Waals surface area contributed by atoms with Crippen molar-refractivity contribution in [3.63, 3.8) is 0 Å². The Morgan fingerprint density at radius 2 is 1.76 bits per heavy atom. The van der Waals surface area contributed by atoms with Gasteiger partial charge in [0.25, 0.3) is 0 Å². The minimum Gasteiger partial charge on any atom is -0.491 e. The third-order valence-corrected chi connectivity index (χ3v) is 10.5. The molecule has 0 amide bonds. The van der Waals surface area contributed by atoms with Crippen LogP contribution in [0.1, 0.15) is 26.3 Å².